The summed E-state index contributed by atoms with van der Waals surface area (Å²) in [6.45, 7) is 4.53. The second kappa shape index (κ2) is 8.79. The summed E-state index contributed by atoms with van der Waals surface area (Å²) in [5.74, 6) is 0.0845. The van der Waals surface area contributed by atoms with Crippen LogP contribution < -0.4 is 5.73 Å². The Labute approximate surface area is 104 Å². The van der Waals surface area contributed by atoms with Crippen LogP contribution >= 0.6 is 12.4 Å². The zero-order valence-electron chi connectivity index (χ0n) is 9.98. The Balaban J connectivity index is 0.00000225. The van der Waals surface area contributed by atoms with Gasteiger partial charge in [-0.25, -0.2) is 0 Å². The number of piperidine rings is 1. The molecule has 1 unspecified atom stereocenters. The van der Waals surface area contributed by atoms with Crippen molar-refractivity contribution in [3.8, 4) is 0 Å². The minimum Gasteiger partial charge on any atom is -0.372 e. The number of ether oxygens (including phenoxy) is 1. The van der Waals surface area contributed by atoms with Crippen molar-refractivity contribution in [1.82, 2.24) is 4.90 Å². The third-order valence-corrected chi connectivity index (χ3v) is 2.68. The zero-order chi connectivity index (χ0) is 11.1. The van der Waals surface area contributed by atoms with Crippen molar-refractivity contribution in [3.05, 3.63) is 0 Å². The predicted octanol–water partition coefficient (Wildman–Crippen LogP) is 1.17. The van der Waals surface area contributed by atoms with Gasteiger partial charge in [0.05, 0.1) is 0 Å². The lowest BCUT2D eigenvalue weighted by molar-refractivity contribution is -0.137. The van der Waals surface area contributed by atoms with Gasteiger partial charge in [-0.15, -0.1) is 12.4 Å². The summed E-state index contributed by atoms with van der Waals surface area (Å²) in [6, 6.07) is 0.151. The standard InChI is InChI=1S/C11H22N2O2.ClH/c1-2-3-7-15-9-11(14)13-6-4-5-10(12)8-13;/h10H,2-9,12H2,1H3;1H. The fraction of sp³-hybridized carbons (Fsp3) is 0.909. The number of nitrogens with zero attached hydrogens (tertiary/aromatic N) is 1. The molecular weight excluding hydrogens is 228 g/mol. The summed E-state index contributed by atoms with van der Waals surface area (Å²) < 4.78 is 5.29. The molecule has 5 heteroatoms. The molecule has 1 aliphatic rings. The lowest BCUT2D eigenvalue weighted by atomic mass is 10.1. The number of carbonyl (C=O) groups is 1. The van der Waals surface area contributed by atoms with Crippen LogP contribution in [-0.4, -0.2) is 43.2 Å². The summed E-state index contributed by atoms with van der Waals surface area (Å²) in [6.07, 6.45) is 4.16. The molecule has 0 aliphatic carbocycles. The van der Waals surface area contributed by atoms with E-state index in [1.807, 2.05) is 4.90 Å². The molecule has 2 N–H and O–H groups in total. The van der Waals surface area contributed by atoms with Crippen LogP contribution in [0.1, 0.15) is 32.6 Å². The smallest absolute Gasteiger partial charge is 0.248 e. The van der Waals surface area contributed by atoms with Crippen LogP contribution in [0.2, 0.25) is 0 Å². The van der Waals surface area contributed by atoms with Gasteiger partial charge in [0.25, 0.3) is 0 Å². The Morgan fingerprint density at radius 1 is 1.56 bits per heavy atom. The highest BCUT2D eigenvalue weighted by molar-refractivity contribution is 5.85. The summed E-state index contributed by atoms with van der Waals surface area (Å²) in [4.78, 5) is 13.5. The van der Waals surface area contributed by atoms with Crippen LogP contribution in [0.3, 0.4) is 0 Å². The fourth-order valence-electron chi connectivity index (χ4n) is 1.73. The first-order valence-corrected chi connectivity index (χ1v) is 5.85. The largest absolute Gasteiger partial charge is 0.372 e. The highest BCUT2D eigenvalue weighted by Gasteiger charge is 2.20. The molecular formula is C11H23ClN2O2. The number of likely N-dealkylation sites (tertiary alicyclic amines) is 1. The predicted molar refractivity (Wildman–Crippen MR) is 66.8 cm³/mol. The van der Waals surface area contributed by atoms with Gasteiger partial charge in [-0.3, -0.25) is 4.79 Å². The van der Waals surface area contributed by atoms with Gasteiger partial charge in [-0.05, 0) is 19.3 Å². The number of nitrogens with two attached hydrogens (primary N) is 1. The average Bonchev–Trinajstić information content (AvgIpc) is 2.24. The van der Waals surface area contributed by atoms with E-state index in [0.717, 1.165) is 32.2 Å². The van der Waals surface area contributed by atoms with Crippen molar-refractivity contribution in [2.24, 2.45) is 5.73 Å². The van der Waals surface area contributed by atoms with E-state index < -0.39 is 0 Å². The minimum absolute atomic E-state index is 0. The molecule has 1 rings (SSSR count). The SMILES string of the molecule is CCCCOCC(=O)N1CCCC(N)C1.Cl. The molecule has 0 aromatic rings. The second-order valence-electron chi connectivity index (χ2n) is 4.15. The highest BCUT2D eigenvalue weighted by Crippen LogP contribution is 2.08. The van der Waals surface area contributed by atoms with Gasteiger partial charge in [-0.2, -0.15) is 0 Å². The van der Waals surface area contributed by atoms with E-state index in [4.69, 9.17) is 10.5 Å². The topological polar surface area (TPSA) is 55.6 Å². The van der Waals surface area contributed by atoms with Crippen LogP contribution in [0.5, 0.6) is 0 Å². The summed E-state index contributed by atoms with van der Waals surface area (Å²) in [5.41, 5.74) is 5.80. The molecule has 1 saturated heterocycles. The van der Waals surface area contributed by atoms with E-state index >= 15 is 0 Å². The molecule has 0 bridgehead atoms. The van der Waals surface area contributed by atoms with Crippen LogP contribution in [0.15, 0.2) is 0 Å². The maximum absolute atomic E-state index is 11.7. The van der Waals surface area contributed by atoms with Crippen LogP contribution in [0, 0.1) is 0 Å². The van der Waals surface area contributed by atoms with Gasteiger partial charge in [-0.1, -0.05) is 13.3 Å². The third-order valence-electron chi connectivity index (χ3n) is 2.68. The molecule has 0 radical (unpaired) electrons. The Hall–Kier alpha value is -0.320. The number of halogens is 1. The normalized spacial score (nSPS) is 20.4. The molecule has 1 atom stereocenters. The van der Waals surface area contributed by atoms with Gasteiger partial charge in [0.2, 0.25) is 5.91 Å². The molecule has 0 aromatic carbocycles. The summed E-state index contributed by atoms with van der Waals surface area (Å²) in [5, 5.41) is 0. The maximum atomic E-state index is 11.7. The van der Waals surface area contributed by atoms with Crippen molar-refractivity contribution in [1.29, 1.82) is 0 Å². The number of rotatable bonds is 5. The fourth-order valence-corrected chi connectivity index (χ4v) is 1.73. The second-order valence-corrected chi connectivity index (χ2v) is 4.15. The molecule has 0 aromatic heterocycles. The van der Waals surface area contributed by atoms with Crippen molar-refractivity contribution in [2.45, 2.75) is 38.6 Å². The summed E-state index contributed by atoms with van der Waals surface area (Å²) >= 11 is 0. The third kappa shape index (κ3) is 5.68. The minimum atomic E-state index is 0. The molecule has 16 heavy (non-hydrogen) atoms. The molecule has 4 nitrogen and oxygen atoms in total. The van der Waals surface area contributed by atoms with Crippen molar-refractivity contribution < 1.29 is 9.53 Å². The lowest BCUT2D eigenvalue weighted by Crippen LogP contribution is -2.46. The van der Waals surface area contributed by atoms with Gasteiger partial charge in [0.1, 0.15) is 6.61 Å². The van der Waals surface area contributed by atoms with Gasteiger partial charge >= 0.3 is 0 Å². The summed E-state index contributed by atoms with van der Waals surface area (Å²) in [7, 11) is 0. The molecule has 96 valence electrons. The van der Waals surface area contributed by atoms with E-state index in [0.29, 0.717) is 13.2 Å². The van der Waals surface area contributed by atoms with Gasteiger partial charge in [0.15, 0.2) is 0 Å². The van der Waals surface area contributed by atoms with E-state index in [1.54, 1.807) is 0 Å². The number of carbonyl (C=O) groups excluding carboxylic acids is 1. The van der Waals surface area contributed by atoms with E-state index in [2.05, 4.69) is 6.92 Å². The van der Waals surface area contributed by atoms with Crippen molar-refractivity contribution >= 4 is 18.3 Å². The first-order valence-electron chi connectivity index (χ1n) is 5.85. The number of unbranched alkanes of at least 4 members (excludes halogenated alkanes) is 1. The number of hydrogen-bond donors (Lipinski definition) is 1. The Bertz CT molecular complexity index is 202. The Morgan fingerprint density at radius 2 is 2.31 bits per heavy atom. The Kier molecular flexibility index (Phi) is 8.61. The van der Waals surface area contributed by atoms with Crippen LogP contribution in [0.25, 0.3) is 0 Å². The van der Waals surface area contributed by atoms with Crippen LogP contribution in [0.4, 0.5) is 0 Å². The molecule has 1 fully saturated rings. The molecule has 0 spiro atoms. The molecule has 1 heterocycles. The van der Waals surface area contributed by atoms with E-state index in [1.165, 1.54) is 0 Å². The van der Waals surface area contributed by atoms with Crippen molar-refractivity contribution in [2.75, 3.05) is 26.3 Å². The Morgan fingerprint density at radius 3 is 2.94 bits per heavy atom. The molecule has 0 saturated carbocycles. The first kappa shape index (κ1) is 15.7. The first-order chi connectivity index (χ1) is 7.24. The highest BCUT2D eigenvalue weighted by atomic mass is 35.5. The quantitative estimate of drug-likeness (QED) is 0.746. The number of amides is 1. The van der Waals surface area contributed by atoms with E-state index in [-0.39, 0.29) is 31.0 Å². The lowest BCUT2D eigenvalue weighted by Gasteiger charge is -2.30. The van der Waals surface area contributed by atoms with Crippen LogP contribution in [-0.2, 0) is 9.53 Å². The van der Waals surface area contributed by atoms with Gasteiger partial charge in [0, 0.05) is 25.7 Å². The monoisotopic (exact) mass is 250 g/mol. The van der Waals surface area contributed by atoms with E-state index in [9.17, 15) is 4.79 Å². The molecule has 1 aliphatic heterocycles. The maximum Gasteiger partial charge on any atom is 0.248 e. The number of hydrogen-bond acceptors (Lipinski definition) is 3. The zero-order valence-corrected chi connectivity index (χ0v) is 10.8. The van der Waals surface area contributed by atoms with Gasteiger partial charge < -0.3 is 15.4 Å². The van der Waals surface area contributed by atoms with Crippen molar-refractivity contribution in [3.63, 3.8) is 0 Å². The molecule has 1 amide bonds. The average molecular weight is 251 g/mol.